The van der Waals surface area contributed by atoms with Gasteiger partial charge in [-0.05, 0) is 79.1 Å². The fourth-order valence-corrected chi connectivity index (χ4v) is 2.86. The average Bonchev–Trinajstić information content (AvgIpc) is 2.81. The van der Waals surface area contributed by atoms with Crippen molar-refractivity contribution in [1.82, 2.24) is 5.43 Å². The first kappa shape index (κ1) is 22.7. The number of esters is 1. The number of rotatable bonds is 9. The third-order valence-corrected chi connectivity index (χ3v) is 4.72. The van der Waals surface area contributed by atoms with Crippen LogP contribution >= 0.6 is 0 Å². The van der Waals surface area contributed by atoms with E-state index in [9.17, 15) is 9.59 Å². The minimum absolute atomic E-state index is 0.272. The van der Waals surface area contributed by atoms with E-state index in [1.165, 1.54) is 6.21 Å². The molecule has 1 N–H and O–H groups in total. The van der Waals surface area contributed by atoms with Crippen molar-refractivity contribution in [2.24, 2.45) is 5.10 Å². The fraction of sp³-hybridized carbons (Fsp3) is 0.192. The first-order valence-electron chi connectivity index (χ1n) is 10.5. The molecule has 164 valence electrons. The summed E-state index contributed by atoms with van der Waals surface area (Å²) in [5.74, 6) is 0.427. The predicted molar refractivity (Wildman–Crippen MR) is 124 cm³/mol. The van der Waals surface area contributed by atoms with Gasteiger partial charge in [0.25, 0.3) is 5.91 Å². The number of nitrogens with zero attached hydrogens (tertiary/aromatic N) is 1. The highest BCUT2D eigenvalue weighted by molar-refractivity contribution is 5.96. The van der Waals surface area contributed by atoms with E-state index in [0.717, 1.165) is 29.7 Å². The van der Waals surface area contributed by atoms with Crippen molar-refractivity contribution < 1.29 is 19.1 Å². The minimum atomic E-state index is -0.447. The lowest BCUT2D eigenvalue weighted by atomic mass is 10.1. The highest BCUT2D eigenvalue weighted by Crippen LogP contribution is 2.17. The van der Waals surface area contributed by atoms with E-state index >= 15 is 0 Å². The third-order valence-electron chi connectivity index (χ3n) is 4.72. The van der Waals surface area contributed by atoms with Gasteiger partial charge in [-0.15, -0.1) is 0 Å². The first-order valence-corrected chi connectivity index (χ1v) is 10.5. The van der Waals surface area contributed by atoms with E-state index in [2.05, 4.69) is 17.5 Å². The number of hydrogen-bond acceptors (Lipinski definition) is 5. The second kappa shape index (κ2) is 11.5. The number of hydrogen-bond donors (Lipinski definition) is 1. The number of nitrogens with one attached hydrogen (secondary N) is 1. The number of hydrazone groups is 1. The number of ether oxygens (including phenoxy) is 2. The minimum Gasteiger partial charge on any atom is -0.494 e. The molecule has 0 atom stereocenters. The molecule has 0 unspecified atom stereocenters. The molecule has 0 aliphatic heterocycles. The topological polar surface area (TPSA) is 77.0 Å². The molecular weight excluding hydrogens is 404 g/mol. The van der Waals surface area contributed by atoms with Crippen LogP contribution in [0.15, 0.2) is 77.9 Å². The maximum atomic E-state index is 12.3. The van der Waals surface area contributed by atoms with Crippen molar-refractivity contribution >= 4 is 18.1 Å². The summed E-state index contributed by atoms with van der Waals surface area (Å²) in [6.07, 6.45) is 3.58. The van der Waals surface area contributed by atoms with Gasteiger partial charge in [0.1, 0.15) is 11.5 Å². The van der Waals surface area contributed by atoms with E-state index in [1.807, 2.05) is 19.1 Å². The Labute approximate surface area is 187 Å². The Morgan fingerprint density at radius 3 is 2.31 bits per heavy atom. The Morgan fingerprint density at radius 1 is 0.938 bits per heavy atom. The molecule has 3 rings (SSSR count). The fourth-order valence-electron chi connectivity index (χ4n) is 2.86. The van der Waals surface area contributed by atoms with E-state index in [0.29, 0.717) is 23.5 Å². The summed E-state index contributed by atoms with van der Waals surface area (Å²) in [5, 5.41) is 3.99. The van der Waals surface area contributed by atoms with E-state index in [-0.39, 0.29) is 5.91 Å². The molecule has 6 heteroatoms. The summed E-state index contributed by atoms with van der Waals surface area (Å²) in [4.78, 5) is 24.5. The zero-order chi connectivity index (χ0) is 22.8. The highest BCUT2D eigenvalue weighted by atomic mass is 16.5. The molecule has 32 heavy (non-hydrogen) atoms. The monoisotopic (exact) mass is 430 g/mol. The van der Waals surface area contributed by atoms with E-state index in [4.69, 9.17) is 9.47 Å². The largest absolute Gasteiger partial charge is 0.494 e. The molecule has 3 aromatic rings. The Hall–Kier alpha value is -3.93. The van der Waals surface area contributed by atoms with Gasteiger partial charge >= 0.3 is 5.97 Å². The van der Waals surface area contributed by atoms with Gasteiger partial charge < -0.3 is 9.47 Å². The molecule has 0 spiro atoms. The van der Waals surface area contributed by atoms with Crippen molar-refractivity contribution in [3.05, 3.63) is 95.1 Å². The number of unbranched alkanes of at least 4 members (excludes halogenated alkanes) is 1. The maximum Gasteiger partial charge on any atom is 0.343 e. The van der Waals surface area contributed by atoms with Crippen LogP contribution < -0.4 is 14.9 Å². The Balaban J connectivity index is 1.52. The van der Waals surface area contributed by atoms with Gasteiger partial charge in [-0.3, -0.25) is 4.79 Å². The standard InChI is InChI=1S/C26H26N2O4/c1-3-4-17-31-22-15-11-21(12-16-22)26(30)32-23-13-9-20(10-14-23)18-27-28-25(29)24-8-6-5-7-19(24)2/h5-16,18H,3-4,17H2,1-2H3,(H,28,29)/b27-18-. The van der Waals surface area contributed by atoms with Gasteiger partial charge in [-0.25, -0.2) is 10.2 Å². The van der Waals surface area contributed by atoms with Crippen LogP contribution in [0.25, 0.3) is 0 Å². The second-order valence-electron chi connectivity index (χ2n) is 7.20. The lowest BCUT2D eigenvalue weighted by Gasteiger charge is -2.07. The SMILES string of the molecule is CCCCOc1ccc(C(=O)Oc2ccc(/C=N\NC(=O)c3ccccc3C)cc2)cc1. The lowest BCUT2D eigenvalue weighted by molar-refractivity contribution is 0.0734. The Bertz CT molecular complexity index is 1070. The number of aryl methyl sites for hydroxylation is 1. The van der Waals surface area contributed by atoms with Crippen molar-refractivity contribution in [2.45, 2.75) is 26.7 Å². The van der Waals surface area contributed by atoms with Crippen molar-refractivity contribution in [2.75, 3.05) is 6.61 Å². The van der Waals surface area contributed by atoms with Crippen LogP contribution in [0.5, 0.6) is 11.5 Å². The molecule has 0 radical (unpaired) electrons. The van der Waals surface area contributed by atoms with Gasteiger partial charge in [-0.1, -0.05) is 31.5 Å². The van der Waals surface area contributed by atoms with Crippen LogP contribution in [0.2, 0.25) is 0 Å². The molecule has 0 aromatic heterocycles. The van der Waals surface area contributed by atoms with Gasteiger partial charge in [0.15, 0.2) is 0 Å². The molecule has 0 fully saturated rings. The van der Waals surface area contributed by atoms with Crippen LogP contribution in [-0.4, -0.2) is 24.7 Å². The summed E-state index contributed by atoms with van der Waals surface area (Å²) in [7, 11) is 0. The van der Waals surface area contributed by atoms with Crippen LogP contribution in [-0.2, 0) is 0 Å². The summed E-state index contributed by atoms with van der Waals surface area (Å²) >= 11 is 0. The smallest absolute Gasteiger partial charge is 0.343 e. The summed E-state index contributed by atoms with van der Waals surface area (Å²) in [5.41, 5.74) is 5.16. The zero-order valence-electron chi connectivity index (χ0n) is 18.2. The maximum absolute atomic E-state index is 12.3. The molecule has 0 saturated carbocycles. The number of carbonyl (C=O) groups excluding carboxylic acids is 2. The molecule has 0 aliphatic carbocycles. The highest BCUT2D eigenvalue weighted by Gasteiger charge is 2.09. The van der Waals surface area contributed by atoms with Gasteiger partial charge in [0, 0.05) is 5.56 Å². The van der Waals surface area contributed by atoms with Crippen molar-refractivity contribution in [1.29, 1.82) is 0 Å². The molecule has 0 bridgehead atoms. The number of amides is 1. The van der Waals surface area contributed by atoms with E-state index in [1.54, 1.807) is 60.7 Å². The average molecular weight is 431 g/mol. The molecule has 1 amide bonds. The van der Waals surface area contributed by atoms with Crippen LogP contribution in [0.4, 0.5) is 0 Å². The molecule has 0 heterocycles. The molecule has 6 nitrogen and oxygen atoms in total. The molecular formula is C26H26N2O4. The predicted octanol–water partition coefficient (Wildman–Crippen LogP) is 5.16. The van der Waals surface area contributed by atoms with Crippen LogP contribution in [0, 0.1) is 6.92 Å². The summed E-state index contributed by atoms with van der Waals surface area (Å²) in [6.45, 7) is 4.63. The quantitative estimate of drug-likeness (QED) is 0.167. The van der Waals surface area contributed by atoms with Gasteiger partial charge in [0.2, 0.25) is 0 Å². The second-order valence-corrected chi connectivity index (χ2v) is 7.20. The molecule has 0 aliphatic rings. The normalized spacial score (nSPS) is 10.7. The zero-order valence-corrected chi connectivity index (χ0v) is 18.2. The molecule has 3 aromatic carbocycles. The molecule has 0 saturated heterocycles. The lowest BCUT2D eigenvalue weighted by Crippen LogP contribution is -2.18. The summed E-state index contributed by atoms with van der Waals surface area (Å²) in [6, 6.07) is 21.0. The van der Waals surface area contributed by atoms with Crippen LogP contribution in [0.1, 0.15) is 51.6 Å². The summed E-state index contributed by atoms with van der Waals surface area (Å²) < 4.78 is 11.0. The van der Waals surface area contributed by atoms with Gasteiger partial charge in [0.05, 0.1) is 18.4 Å². The Kier molecular flexibility index (Phi) is 8.15. The van der Waals surface area contributed by atoms with Crippen molar-refractivity contribution in [3.63, 3.8) is 0 Å². The van der Waals surface area contributed by atoms with Crippen LogP contribution in [0.3, 0.4) is 0 Å². The first-order chi connectivity index (χ1) is 15.6. The Morgan fingerprint density at radius 2 is 1.62 bits per heavy atom. The van der Waals surface area contributed by atoms with Gasteiger partial charge in [-0.2, -0.15) is 5.10 Å². The van der Waals surface area contributed by atoms with Crippen molar-refractivity contribution in [3.8, 4) is 11.5 Å². The third kappa shape index (κ3) is 6.54. The van der Waals surface area contributed by atoms with E-state index < -0.39 is 5.97 Å². The number of benzene rings is 3. The number of carbonyl (C=O) groups is 2.